The predicted molar refractivity (Wildman–Crippen MR) is 78.8 cm³/mol. The van der Waals surface area contributed by atoms with Crippen LogP contribution in [-0.2, 0) is 24.1 Å². The topological polar surface area (TPSA) is 66.1 Å². The first-order valence-corrected chi connectivity index (χ1v) is 6.88. The fourth-order valence-electron chi connectivity index (χ4n) is 2.88. The highest BCUT2D eigenvalue weighted by Crippen LogP contribution is 2.39. The van der Waals surface area contributed by atoms with E-state index < -0.39 is 0 Å². The average molecular weight is 275 g/mol. The maximum atomic E-state index is 10.8. The molecule has 3 rings (SSSR count). The highest BCUT2D eigenvalue weighted by Gasteiger charge is 2.18. The van der Waals surface area contributed by atoms with Crippen molar-refractivity contribution in [3.05, 3.63) is 47.3 Å². The average Bonchev–Trinajstić information content (AvgIpc) is 2.97. The molecule has 0 unspecified atom stereocenters. The van der Waals surface area contributed by atoms with Gasteiger partial charge in [0.2, 0.25) is 6.08 Å². The van der Waals surface area contributed by atoms with Crippen LogP contribution in [0.25, 0.3) is 11.1 Å². The van der Waals surface area contributed by atoms with Gasteiger partial charge in [0.05, 0.1) is 23.9 Å². The number of fused-ring (bicyclic) bond motifs is 1. The molecule has 21 heavy (non-hydrogen) atoms. The Morgan fingerprint density at radius 2 is 2.19 bits per heavy atom. The molecule has 0 saturated carbocycles. The summed E-state index contributed by atoms with van der Waals surface area (Å²) in [6.45, 7) is 0. The van der Waals surface area contributed by atoms with E-state index >= 15 is 0 Å². The second-order valence-corrected chi connectivity index (χ2v) is 5.03. The Labute approximate surface area is 122 Å². The first-order valence-electron chi connectivity index (χ1n) is 6.88. The maximum absolute atomic E-state index is 10.8. The number of nitrogens with zero attached hydrogens (tertiary/aromatic N) is 3. The zero-order valence-electron chi connectivity index (χ0n) is 11.5. The van der Waals surface area contributed by atoms with Crippen LogP contribution >= 0.6 is 0 Å². The molecule has 1 aromatic heterocycles. The summed E-state index contributed by atoms with van der Waals surface area (Å²) in [5, 5.41) is 8.79. The zero-order chi connectivity index (χ0) is 14.7. The summed E-state index contributed by atoms with van der Waals surface area (Å²) >= 11 is 0. The zero-order valence-corrected chi connectivity index (χ0v) is 11.5. The molecule has 0 aliphatic heterocycles. The number of aliphatic imine (C=N–C) groups is 1. The smallest absolute Gasteiger partial charge is 0.240 e. The van der Waals surface area contributed by atoms with Gasteiger partial charge in [0.15, 0.2) is 0 Å². The highest BCUT2D eigenvalue weighted by atomic mass is 16.1. The molecular weight excluding hydrogens is 262 g/mol. The third-order valence-corrected chi connectivity index (χ3v) is 3.80. The monoisotopic (exact) mass is 275 g/mol. The number of aryl methyl sites for hydroxylation is 1. The lowest BCUT2D eigenvalue weighted by Crippen LogP contribution is -1.91. The van der Waals surface area contributed by atoms with Crippen molar-refractivity contribution in [2.45, 2.75) is 25.7 Å². The number of rotatable bonds is 3. The van der Waals surface area contributed by atoms with Crippen LogP contribution < -0.4 is 0 Å². The van der Waals surface area contributed by atoms with Crippen LogP contribution in [0.1, 0.15) is 23.2 Å². The molecule has 0 atom stereocenters. The predicted octanol–water partition coefficient (Wildman–Crippen LogP) is 3.27. The van der Waals surface area contributed by atoms with E-state index in [-0.39, 0.29) is 6.42 Å². The Morgan fingerprint density at radius 1 is 1.29 bits per heavy atom. The van der Waals surface area contributed by atoms with Gasteiger partial charge < -0.3 is 0 Å². The second-order valence-electron chi connectivity index (χ2n) is 5.03. The summed E-state index contributed by atoms with van der Waals surface area (Å²) in [5.41, 5.74) is 5.68. The summed E-state index contributed by atoms with van der Waals surface area (Å²) < 4.78 is 0. The lowest BCUT2D eigenvalue weighted by molar-refractivity contribution is 0.565. The summed E-state index contributed by atoms with van der Waals surface area (Å²) in [5.74, 6) is 0. The van der Waals surface area contributed by atoms with Crippen LogP contribution in [0.3, 0.4) is 0 Å². The largest absolute Gasteiger partial charge is 0.260 e. The minimum atomic E-state index is 0.269. The number of hydrogen-bond donors (Lipinski definition) is 0. The fraction of sp³-hybridized carbons (Fsp3) is 0.235. The lowest BCUT2D eigenvalue weighted by Gasteiger charge is -2.10. The van der Waals surface area contributed by atoms with E-state index in [1.165, 1.54) is 5.56 Å². The summed E-state index contributed by atoms with van der Waals surface area (Å²) in [6.07, 6.45) is 6.70. The summed E-state index contributed by atoms with van der Waals surface area (Å²) in [4.78, 5) is 18.9. The molecule has 1 aromatic carbocycles. The maximum Gasteiger partial charge on any atom is 0.240 e. The molecule has 4 heteroatoms. The second kappa shape index (κ2) is 5.70. The van der Waals surface area contributed by atoms with Crippen LogP contribution in [0.4, 0.5) is 5.69 Å². The molecule has 0 amide bonds. The van der Waals surface area contributed by atoms with E-state index in [1.807, 2.05) is 18.2 Å². The Hall–Kier alpha value is -2.76. The van der Waals surface area contributed by atoms with Gasteiger partial charge in [-0.05, 0) is 48.1 Å². The Morgan fingerprint density at radius 3 is 3.00 bits per heavy atom. The summed E-state index contributed by atoms with van der Waals surface area (Å²) in [6, 6.07) is 9.95. The third-order valence-electron chi connectivity index (χ3n) is 3.80. The van der Waals surface area contributed by atoms with Crippen LogP contribution in [-0.4, -0.2) is 11.1 Å². The minimum Gasteiger partial charge on any atom is -0.260 e. The molecule has 0 bridgehead atoms. The van der Waals surface area contributed by atoms with Crippen LogP contribution in [0, 0.1) is 11.3 Å². The molecule has 0 spiro atoms. The van der Waals surface area contributed by atoms with Crippen LogP contribution in [0.2, 0.25) is 0 Å². The molecule has 0 saturated heterocycles. The van der Waals surface area contributed by atoms with Crippen molar-refractivity contribution in [1.29, 1.82) is 5.26 Å². The number of carbonyl (C=O) groups excluding carboxylic acids is 1. The van der Waals surface area contributed by atoms with Gasteiger partial charge in [0.1, 0.15) is 0 Å². The van der Waals surface area contributed by atoms with E-state index in [2.05, 4.69) is 22.1 Å². The van der Waals surface area contributed by atoms with Gasteiger partial charge in [-0.2, -0.15) is 10.3 Å². The standard InChI is InChI=1S/C17H13N3O/c18-8-6-14-10-13(7-9-19-14)16-5-4-12-2-1-3-15(12)17(16)20-11-21/h4-5,7,9-10H,1-3,6H2. The van der Waals surface area contributed by atoms with Gasteiger partial charge in [-0.25, -0.2) is 4.79 Å². The van der Waals surface area contributed by atoms with Crippen molar-refractivity contribution in [1.82, 2.24) is 4.98 Å². The van der Waals surface area contributed by atoms with Crippen molar-refractivity contribution >= 4 is 11.8 Å². The van der Waals surface area contributed by atoms with Gasteiger partial charge in [0.25, 0.3) is 0 Å². The van der Waals surface area contributed by atoms with E-state index in [0.717, 1.165) is 41.6 Å². The van der Waals surface area contributed by atoms with Gasteiger partial charge in [-0.1, -0.05) is 12.1 Å². The Balaban J connectivity index is 2.17. The molecule has 1 heterocycles. The number of aromatic nitrogens is 1. The van der Waals surface area contributed by atoms with E-state index in [9.17, 15) is 4.79 Å². The lowest BCUT2D eigenvalue weighted by atomic mass is 9.97. The molecule has 1 aliphatic rings. The Bertz CT molecular complexity index is 783. The van der Waals surface area contributed by atoms with Gasteiger partial charge >= 0.3 is 0 Å². The molecular formula is C17H13N3O. The van der Waals surface area contributed by atoms with Crippen molar-refractivity contribution in [3.8, 4) is 17.2 Å². The molecule has 2 aromatic rings. The number of pyridine rings is 1. The quantitative estimate of drug-likeness (QED) is 0.637. The van der Waals surface area contributed by atoms with Crippen molar-refractivity contribution in [3.63, 3.8) is 0 Å². The third kappa shape index (κ3) is 2.47. The number of benzene rings is 1. The summed E-state index contributed by atoms with van der Waals surface area (Å²) in [7, 11) is 0. The van der Waals surface area contributed by atoms with Gasteiger partial charge in [-0.3, -0.25) is 4.98 Å². The molecule has 1 aliphatic carbocycles. The fourth-order valence-corrected chi connectivity index (χ4v) is 2.88. The minimum absolute atomic E-state index is 0.269. The SMILES string of the molecule is N#CCc1cc(-c2ccc3c(c2N=C=O)CCC3)ccn1. The van der Waals surface area contributed by atoms with Crippen LogP contribution in [0.15, 0.2) is 35.5 Å². The van der Waals surface area contributed by atoms with Crippen LogP contribution in [0.5, 0.6) is 0 Å². The first-order chi connectivity index (χ1) is 10.3. The highest BCUT2D eigenvalue weighted by molar-refractivity contribution is 5.81. The van der Waals surface area contributed by atoms with Crippen molar-refractivity contribution in [2.75, 3.05) is 0 Å². The molecule has 0 N–H and O–H groups in total. The number of nitriles is 1. The molecule has 0 fully saturated rings. The van der Waals surface area contributed by atoms with E-state index in [1.54, 1.807) is 12.3 Å². The molecule has 0 radical (unpaired) electrons. The molecule has 102 valence electrons. The Kier molecular flexibility index (Phi) is 3.59. The number of hydrogen-bond acceptors (Lipinski definition) is 4. The van der Waals surface area contributed by atoms with Crippen molar-refractivity contribution in [2.24, 2.45) is 4.99 Å². The van der Waals surface area contributed by atoms with Crippen molar-refractivity contribution < 1.29 is 4.79 Å². The van der Waals surface area contributed by atoms with E-state index in [0.29, 0.717) is 5.69 Å². The first kappa shape index (κ1) is 13.2. The molecule has 4 nitrogen and oxygen atoms in total. The van der Waals surface area contributed by atoms with E-state index in [4.69, 9.17) is 5.26 Å². The van der Waals surface area contributed by atoms with Gasteiger partial charge in [-0.15, -0.1) is 0 Å². The van der Waals surface area contributed by atoms with Gasteiger partial charge in [0, 0.05) is 11.8 Å². The number of isocyanates is 1. The normalized spacial score (nSPS) is 12.3.